The van der Waals surface area contributed by atoms with Gasteiger partial charge in [-0.25, -0.2) is 0 Å². The van der Waals surface area contributed by atoms with Gasteiger partial charge in [0.15, 0.2) is 0 Å². The van der Waals surface area contributed by atoms with E-state index >= 15 is 0 Å². The summed E-state index contributed by atoms with van der Waals surface area (Å²) in [6.07, 6.45) is 14.0. The first-order chi connectivity index (χ1) is 13.4. The topological polar surface area (TPSA) is 0 Å². The minimum Gasteiger partial charge on any atom is -0.140 e. The highest BCUT2D eigenvalue weighted by atomic mass is 32.1. The Kier molecular flexibility index (Phi) is 9.79. The van der Waals surface area contributed by atoms with Gasteiger partial charge in [0.1, 0.15) is 0 Å². The van der Waals surface area contributed by atoms with Crippen molar-refractivity contribution in [2.75, 3.05) is 0 Å². The molecule has 0 saturated carbocycles. The van der Waals surface area contributed by atoms with Gasteiger partial charge in [-0.1, -0.05) is 91.5 Å². The van der Waals surface area contributed by atoms with Crippen LogP contribution in [0.15, 0.2) is 30.3 Å². The van der Waals surface area contributed by atoms with E-state index in [-0.39, 0.29) is 0 Å². The molecular weight excluding hydrogens is 356 g/mol. The van der Waals surface area contributed by atoms with Gasteiger partial charge in [-0.05, 0) is 66.0 Å². The summed E-state index contributed by atoms with van der Waals surface area (Å²) in [5.41, 5.74) is 1.34. The van der Waals surface area contributed by atoms with Crippen LogP contribution in [-0.4, -0.2) is 0 Å². The van der Waals surface area contributed by atoms with Crippen LogP contribution in [0, 0.1) is 23.7 Å². The van der Waals surface area contributed by atoms with E-state index in [2.05, 4.69) is 78.0 Å². The number of benzene rings is 1. The summed E-state index contributed by atoms with van der Waals surface area (Å²) in [6.45, 7) is 14.3. The molecule has 0 bridgehead atoms. The molecule has 0 amide bonds. The minimum absolute atomic E-state index is 0.652. The Morgan fingerprint density at radius 2 is 1.57 bits per heavy atom. The SMILES string of the molecule is CCCC(C)CCC(C)C(C)CCC(C)/C=C/c1ccc2cc(CC)sc2c1. The number of hydrogen-bond donors (Lipinski definition) is 0. The van der Waals surface area contributed by atoms with Gasteiger partial charge in [0.25, 0.3) is 0 Å². The van der Waals surface area contributed by atoms with Crippen molar-refractivity contribution in [1.82, 2.24) is 0 Å². The lowest BCUT2D eigenvalue weighted by Gasteiger charge is -2.22. The first-order valence-corrected chi connectivity index (χ1v) is 12.4. The molecular formula is C27H42S. The molecule has 1 heterocycles. The van der Waals surface area contributed by atoms with Gasteiger partial charge in [0.05, 0.1) is 0 Å². The van der Waals surface area contributed by atoms with Crippen molar-refractivity contribution in [3.8, 4) is 0 Å². The molecule has 0 aliphatic carbocycles. The van der Waals surface area contributed by atoms with Crippen molar-refractivity contribution in [3.63, 3.8) is 0 Å². The standard InChI is InChI=1S/C27H42S/c1-7-9-20(3)10-13-22(5)23(6)14-11-21(4)12-15-24-16-17-25-19-26(8-2)28-27(25)18-24/h12,15-23H,7-11,13-14H2,1-6H3/b15-12+. The van der Waals surface area contributed by atoms with Crippen LogP contribution in [0.1, 0.15) is 90.5 Å². The fraction of sp³-hybridized carbons (Fsp3) is 0.630. The van der Waals surface area contributed by atoms with Crippen LogP contribution in [0.25, 0.3) is 16.2 Å². The number of hydrogen-bond acceptors (Lipinski definition) is 1. The van der Waals surface area contributed by atoms with E-state index in [1.54, 1.807) is 0 Å². The molecule has 2 aromatic rings. The third-order valence-corrected chi connectivity index (χ3v) is 7.75. The van der Waals surface area contributed by atoms with Crippen molar-refractivity contribution < 1.29 is 0 Å². The summed E-state index contributed by atoms with van der Waals surface area (Å²) in [7, 11) is 0. The molecule has 1 aromatic heterocycles. The summed E-state index contributed by atoms with van der Waals surface area (Å²) < 4.78 is 1.42. The quantitative estimate of drug-likeness (QED) is 0.334. The molecule has 156 valence electrons. The number of fused-ring (bicyclic) bond motifs is 1. The molecule has 0 saturated heterocycles. The Balaban J connectivity index is 1.78. The van der Waals surface area contributed by atoms with Crippen molar-refractivity contribution >= 4 is 27.5 Å². The predicted molar refractivity (Wildman–Crippen MR) is 130 cm³/mol. The van der Waals surface area contributed by atoms with Gasteiger partial charge in [-0.3, -0.25) is 0 Å². The van der Waals surface area contributed by atoms with Crippen molar-refractivity contribution in [2.24, 2.45) is 23.7 Å². The minimum atomic E-state index is 0.652. The van der Waals surface area contributed by atoms with Gasteiger partial charge in [0, 0.05) is 9.58 Å². The van der Waals surface area contributed by atoms with Gasteiger partial charge in [0.2, 0.25) is 0 Å². The number of allylic oxidation sites excluding steroid dienone is 1. The fourth-order valence-corrected chi connectivity index (χ4v) is 5.08. The first-order valence-electron chi connectivity index (χ1n) is 11.6. The molecule has 0 aliphatic heterocycles. The lowest BCUT2D eigenvalue weighted by Crippen LogP contribution is -2.11. The molecule has 28 heavy (non-hydrogen) atoms. The monoisotopic (exact) mass is 398 g/mol. The Hall–Kier alpha value is -1.08. The van der Waals surface area contributed by atoms with E-state index in [1.165, 1.54) is 59.1 Å². The van der Waals surface area contributed by atoms with E-state index < -0.39 is 0 Å². The number of thiophene rings is 1. The van der Waals surface area contributed by atoms with Crippen LogP contribution >= 0.6 is 11.3 Å². The van der Waals surface area contributed by atoms with Crippen molar-refractivity contribution in [1.29, 1.82) is 0 Å². The molecule has 1 aromatic carbocycles. The molecule has 4 atom stereocenters. The second kappa shape index (κ2) is 11.8. The molecule has 0 N–H and O–H groups in total. The maximum Gasteiger partial charge on any atom is 0.0351 e. The highest BCUT2D eigenvalue weighted by Crippen LogP contribution is 2.29. The Labute approximate surface area is 178 Å². The van der Waals surface area contributed by atoms with E-state index in [0.29, 0.717) is 5.92 Å². The summed E-state index contributed by atoms with van der Waals surface area (Å²) in [4.78, 5) is 1.48. The van der Waals surface area contributed by atoms with Gasteiger partial charge in [-0.15, -0.1) is 11.3 Å². The smallest absolute Gasteiger partial charge is 0.0351 e. The Bertz CT molecular complexity index is 723. The largest absolute Gasteiger partial charge is 0.140 e. The van der Waals surface area contributed by atoms with Crippen LogP contribution in [0.4, 0.5) is 0 Å². The summed E-state index contributed by atoms with van der Waals surface area (Å²) in [6, 6.07) is 9.23. The maximum absolute atomic E-state index is 2.46. The Morgan fingerprint density at radius 1 is 0.857 bits per heavy atom. The van der Waals surface area contributed by atoms with Crippen molar-refractivity contribution in [3.05, 3.63) is 40.8 Å². The molecule has 0 radical (unpaired) electrons. The molecule has 0 spiro atoms. The van der Waals surface area contributed by atoms with E-state index in [0.717, 1.165) is 24.2 Å². The summed E-state index contributed by atoms with van der Waals surface area (Å²) in [5.74, 6) is 3.23. The Morgan fingerprint density at radius 3 is 2.25 bits per heavy atom. The lowest BCUT2D eigenvalue weighted by atomic mass is 9.84. The first kappa shape index (κ1) is 23.2. The number of aryl methyl sites for hydroxylation is 1. The lowest BCUT2D eigenvalue weighted by molar-refractivity contribution is 0.299. The average Bonchev–Trinajstić information content (AvgIpc) is 3.11. The third-order valence-electron chi connectivity index (χ3n) is 6.51. The zero-order chi connectivity index (χ0) is 20.5. The van der Waals surface area contributed by atoms with E-state index in [4.69, 9.17) is 0 Å². The molecule has 0 nitrogen and oxygen atoms in total. The van der Waals surface area contributed by atoms with Gasteiger partial charge in [-0.2, -0.15) is 0 Å². The zero-order valence-corrected chi connectivity index (χ0v) is 19.9. The predicted octanol–water partition coefficient (Wildman–Crippen LogP) is 9.38. The van der Waals surface area contributed by atoms with Crippen LogP contribution in [0.5, 0.6) is 0 Å². The van der Waals surface area contributed by atoms with Crippen LogP contribution in [0.2, 0.25) is 0 Å². The normalized spacial score (nSPS) is 16.5. The second-order valence-corrected chi connectivity index (χ2v) is 10.4. The fourth-order valence-electron chi connectivity index (χ4n) is 4.03. The van der Waals surface area contributed by atoms with Crippen LogP contribution in [0.3, 0.4) is 0 Å². The highest BCUT2D eigenvalue weighted by Gasteiger charge is 2.14. The zero-order valence-electron chi connectivity index (χ0n) is 19.1. The van der Waals surface area contributed by atoms with E-state index in [1.807, 2.05) is 11.3 Å². The third kappa shape index (κ3) is 7.39. The van der Waals surface area contributed by atoms with Crippen LogP contribution < -0.4 is 0 Å². The van der Waals surface area contributed by atoms with Gasteiger partial charge < -0.3 is 0 Å². The summed E-state index contributed by atoms with van der Waals surface area (Å²) in [5, 5.41) is 1.39. The van der Waals surface area contributed by atoms with Crippen LogP contribution in [-0.2, 0) is 6.42 Å². The number of rotatable bonds is 12. The summed E-state index contributed by atoms with van der Waals surface area (Å²) >= 11 is 1.94. The van der Waals surface area contributed by atoms with Gasteiger partial charge >= 0.3 is 0 Å². The van der Waals surface area contributed by atoms with E-state index in [9.17, 15) is 0 Å². The molecule has 0 fully saturated rings. The molecule has 1 heteroatoms. The van der Waals surface area contributed by atoms with Crippen molar-refractivity contribution in [2.45, 2.75) is 86.5 Å². The molecule has 2 rings (SSSR count). The molecule has 0 aliphatic rings. The average molecular weight is 399 g/mol. The second-order valence-electron chi connectivity index (χ2n) is 9.20. The highest BCUT2D eigenvalue weighted by molar-refractivity contribution is 7.19. The molecule has 4 unspecified atom stereocenters. The maximum atomic E-state index is 2.46.